The maximum absolute atomic E-state index is 13.6. The average Bonchev–Trinajstić information content (AvgIpc) is 2.75. The summed E-state index contributed by atoms with van der Waals surface area (Å²) in [5, 5.41) is 3.07. The molecule has 0 aliphatic rings. The van der Waals surface area contributed by atoms with Crippen molar-refractivity contribution in [2.45, 2.75) is 19.5 Å². The predicted octanol–water partition coefficient (Wildman–Crippen LogP) is 6.40. The fraction of sp³-hybridized carbons (Fsp3) is 0.217. The van der Waals surface area contributed by atoms with Gasteiger partial charge in [-0.15, -0.1) is 0 Å². The van der Waals surface area contributed by atoms with Crippen molar-refractivity contribution in [2.75, 3.05) is 25.3 Å². The van der Waals surface area contributed by atoms with Crippen LogP contribution in [0.4, 0.5) is 30.2 Å². The zero-order chi connectivity index (χ0) is 22.6. The third kappa shape index (κ3) is 4.96. The number of para-hydroxylation sites is 1. The Morgan fingerprint density at radius 3 is 2.13 bits per heavy atom. The first kappa shape index (κ1) is 22.1. The summed E-state index contributed by atoms with van der Waals surface area (Å²) in [4.78, 5) is 0. The summed E-state index contributed by atoms with van der Waals surface area (Å²) < 4.78 is 57.1. The highest BCUT2D eigenvalue weighted by molar-refractivity contribution is 5.79. The van der Waals surface area contributed by atoms with E-state index in [2.05, 4.69) is 5.32 Å². The number of halogens is 3. The molecule has 0 aliphatic carbocycles. The van der Waals surface area contributed by atoms with E-state index >= 15 is 0 Å². The van der Waals surface area contributed by atoms with Gasteiger partial charge in [0.25, 0.3) is 0 Å². The number of hydrogen-bond acceptors (Lipinski definition) is 5. The number of nitrogen functional groups attached to an aromatic ring is 1. The molecule has 8 heteroatoms. The number of methoxy groups -OCH3 is 2. The lowest BCUT2D eigenvalue weighted by Gasteiger charge is -2.19. The molecule has 3 N–H and O–H groups in total. The van der Waals surface area contributed by atoms with E-state index in [1.54, 1.807) is 43.5 Å². The Hall–Kier alpha value is -3.55. The van der Waals surface area contributed by atoms with Crippen LogP contribution in [-0.2, 0) is 12.6 Å². The largest absolute Gasteiger partial charge is 0.496 e. The van der Waals surface area contributed by atoms with Gasteiger partial charge in [0.05, 0.1) is 31.3 Å². The van der Waals surface area contributed by atoms with Gasteiger partial charge in [0, 0.05) is 12.1 Å². The normalized spacial score (nSPS) is 11.2. The monoisotopic (exact) mass is 432 g/mol. The standard InChI is InChI=1S/C23H23F3N2O3/c1-4-14-10-19(22(30-3)13-20(14)29-2)28-18-12-21(31-15-8-6-5-7-9-15)16(11-17(18)27)23(24,25)26/h5-13,28H,4,27H2,1-3H3. The second-order valence-corrected chi connectivity index (χ2v) is 6.69. The Morgan fingerprint density at radius 1 is 0.871 bits per heavy atom. The quantitative estimate of drug-likeness (QED) is 0.423. The summed E-state index contributed by atoms with van der Waals surface area (Å²) in [6.45, 7) is 1.96. The lowest BCUT2D eigenvalue weighted by molar-refractivity contribution is -0.138. The van der Waals surface area contributed by atoms with Crippen LogP contribution < -0.4 is 25.3 Å². The molecule has 3 aromatic carbocycles. The van der Waals surface area contributed by atoms with Gasteiger partial charge in [-0.25, -0.2) is 0 Å². The van der Waals surface area contributed by atoms with Crippen LogP contribution in [0.15, 0.2) is 54.6 Å². The van der Waals surface area contributed by atoms with Crippen molar-refractivity contribution < 1.29 is 27.4 Å². The summed E-state index contributed by atoms with van der Waals surface area (Å²) in [7, 11) is 3.05. The van der Waals surface area contributed by atoms with E-state index in [-0.39, 0.29) is 22.9 Å². The van der Waals surface area contributed by atoms with Gasteiger partial charge in [0.2, 0.25) is 0 Å². The molecule has 3 aromatic rings. The Morgan fingerprint density at radius 2 is 1.55 bits per heavy atom. The molecule has 0 aromatic heterocycles. The molecule has 0 bridgehead atoms. The molecule has 0 spiro atoms. The molecule has 0 amide bonds. The fourth-order valence-electron chi connectivity index (χ4n) is 3.11. The van der Waals surface area contributed by atoms with Crippen LogP contribution in [0.25, 0.3) is 0 Å². The molecule has 0 unspecified atom stereocenters. The molecule has 31 heavy (non-hydrogen) atoms. The molecule has 0 atom stereocenters. The summed E-state index contributed by atoms with van der Waals surface area (Å²) in [5.41, 5.74) is 6.61. The first-order chi connectivity index (χ1) is 14.8. The van der Waals surface area contributed by atoms with Crippen LogP contribution in [0, 0.1) is 0 Å². The van der Waals surface area contributed by atoms with E-state index in [1.165, 1.54) is 13.2 Å². The highest BCUT2D eigenvalue weighted by Crippen LogP contribution is 2.44. The van der Waals surface area contributed by atoms with Crippen LogP contribution in [-0.4, -0.2) is 14.2 Å². The van der Waals surface area contributed by atoms with E-state index in [1.807, 2.05) is 13.0 Å². The number of nitrogens with one attached hydrogen (secondary N) is 1. The number of nitrogens with two attached hydrogens (primary N) is 1. The smallest absolute Gasteiger partial charge is 0.420 e. The van der Waals surface area contributed by atoms with Crippen LogP contribution in [0.1, 0.15) is 18.1 Å². The first-order valence-electron chi connectivity index (χ1n) is 9.52. The molecular weight excluding hydrogens is 409 g/mol. The van der Waals surface area contributed by atoms with E-state index in [4.69, 9.17) is 19.9 Å². The number of anilines is 3. The second-order valence-electron chi connectivity index (χ2n) is 6.69. The van der Waals surface area contributed by atoms with Crippen molar-refractivity contribution >= 4 is 17.1 Å². The SMILES string of the molecule is CCc1cc(Nc2cc(Oc3ccccc3)c(C(F)(F)F)cc2N)c(OC)cc1OC. The zero-order valence-electron chi connectivity index (χ0n) is 17.3. The van der Waals surface area contributed by atoms with E-state index in [9.17, 15) is 13.2 Å². The van der Waals surface area contributed by atoms with Gasteiger partial charge in [-0.05, 0) is 36.2 Å². The zero-order valence-corrected chi connectivity index (χ0v) is 17.3. The van der Waals surface area contributed by atoms with Crippen molar-refractivity contribution in [1.82, 2.24) is 0 Å². The van der Waals surface area contributed by atoms with Crippen LogP contribution >= 0.6 is 0 Å². The summed E-state index contributed by atoms with van der Waals surface area (Å²) in [6.07, 6.45) is -3.95. The highest BCUT2D eigenvalue weighted by Gasteiger charge is 2.35. The molecule has 0 radical (unpaired) electrons. The highest BCUT2D eigenvalue weighted by atomic mass is 19.4. The van der Waals surface area contributed by atoms with E-state index in [0.29, 0.717) is 23.6 Å². The average molecular weight is 432 g/mol. The molecule has 0 heterocycles. The lowest BCUT2D eigenvalue weighted by atomic mass is 10.1. The predicted molar refractivity (Wildman–Crippen MR) is 115 cm³/mol. The summed E-state index contributed by atoms with van der Waals surface area (Å²) in [5.74, 6) is 1.02. The molecule has 0 saturated carbocycles. The molecule has 164 valence electrons. The Balaban J connectivity index is 2.07. The number of benzene rings is 3. The molecule has 0 aliphatic heterocycles. The number of aryl methyl sites for hydroxylation is 1. The number of rotatable bonds is 7. The van der Waals surface area contributed by atoms with Gasteiger partial charge in [0.15, 0.2) is 0 Å². The molecular formula is C23H23F3N2O3. The van der Waals surface area contributed by atoms with Gasteiger partial charge >= 0.3 is 6.18 Å². The number of hydrogen-bond donors (Lipinski definition) is 2. The third-order valence-electron chi connectivity index (χ3n) is 4.68. The molecule has 0 fully saturated rings. The first-order valence-corrected chi connectivity index (χ1v) is 9.52. The van der Waals surface area contributed by atoms with Gasteiger partial charge in [0.1, 0.15) is 28.6 Å². The second kappa shape index (κ2) is 9.07. The van der Waals surface area contributed by atoms with Crippen LogP contribution in [0.2, 0.25) is 0 Å². The van der Waals surface area contributed by atoms with Crippen molar-refractivity contribution in [3.63, 3.8) is 0 Å². The van der Waals surface area contributed by atoms with Gasteiger partial charge in [-0.3, -0.25) is 0 Å². The van der Waals surface area contributed by atoms with Crippen LogP contribution in [0.3, 0.4) is 0 Å². The molecule has 5 nitrogen and oxygen atoms in total. The molecule has 3 rings (SSSR count). The fourth-order valence-corrected chi connectivity index (χ4v) is 3.11. The van der Waals surface area contributed by atoms with Crippen molar-refractivity contribution in [3.05, 3.63) is 65.7 Å². The van der Waals surface area contributed by atoms with Crippen molar-refractivity contribution in [2.24, 2.45) is 0 Å². The molecule has 0 saturated heterocycles. The number of alkyl halides is 3. The maximum Gasteiger partial charge on any atom is 0.420 e. The Kier molecular flexibility index (Phi) is 6.48. The van der Waals surface area contributed by atoms with Crippen LogP contribution in [0.5, 0.6) is 23.0 Å². The number of ether oxygens (including phenoxy) is 3. The van der Waals surface area contributed by atoms with E-state index < -0.39 is 11.7 Å². The maximum atomic E-state index is 13.6. The minimum absolute atomic E-state index is 0.0799. The van der Waals surface area contributed by atoms with Crippen molar-refractivity contribution in [3.8, 4) is 23.0 Å². The lowest BCUT2D eigenvalue weighted by Crippen LogP contribution is -2.09. The van der Waals surface area contributed by atoms with E-state index in [0.717, 1.165) is 11.6 Å². The Bertz CT molecular complexity index is 1050. The minimum Gasteiger partial charge on any atom is -0.496 e. The summed E-state index contributed by atoms with van der Waals surface area (Å²) >= 11 is 0. The van der Waals surface area contributed by atoms with Crippen molar-refractivity contribution in [1.29, 1.82) is 0 Å². The van der Waals surface area contributed by atoms with Gasteiger partial charge in [-0.2, -0.15) is 13.2 Å². The topological polar surface area (TPSA) is 65.7 Å². The minimum atomic E-state index is -4.63. The summed E-state index contributed by atoms with van der Waals surface area (Å²) in [6, 6.07) is 13.9. The van der Waals surface area contributed by atoms with Gasteiger partial charge < -0.3 is 25.3 Å². The van der Waals surface area contributed by atoms with Gasteiger partial charge in [-0.1, -0.05) is 25.1 Å². The third-order valence-corrected chi connectivity index (χ3v) is 4.68. The Labute approximate surface area is 178 Å².